The molecule has 0 spiro atoms. The van der Waals surface area contributed by atoms with E-state index in [1.54, 1.807) is 0 Å². The molecule has 3 nitrogen and oxygen atoms in total. The molecule has 1 aliphatic carbocycles. The first-order valence-electron chi connectivity index (χ1n) is 6.54. The van der Waals surface area contributed by atoms with E-state index in [1.807, 2.05) is 0 Å². The fourth-order valence-corrected chi connectivity index (χ4v) is 2.31. The summed E-state index contributed by atoms with van der Waals surface area (Å²) in [5.41, 5.74) is 2.52. The molecule has 0 bridgehead atoms. The minimum Gasteiger partial charge on any atom is -0.308 e. The zero-order valence-corrected chi connectivity index (χ0v) is 10.7. The predicted octanol–water partition coefficient (Wildman–Crippen LogP) is 2.66. The first-order valence-corrected chi connectivity index (χ1v) is 6.54. The summed E-state index contributed by atoms with van der Waals surface area (Å²) in [6, 6.07) is 2.77. The molecule has 0 saturated heterocycles. The smallest absolute Gasteiger partial charge is 0.0597 e. The van der Waals surface area contributed by atoms with Crippen molar-refractivity contribution >= 4 is 0 Å². The summed E-state index contributed by atoms with van der Waals surface area (Å²) in [7, 11) is 0. The van der Waals surface area contributed by atoms with Crippen LogP contribution < -0.4 is 5.32 Å². The number of aryl methyl sites for hydroxylation is 2. The Labute approximate surface area is 98.2 Å². The van der Waals surface area contributed by atoms with E-state index in [2.05, 4.69) is 41.9 Å². The quantitative estimate of drug-likeness (QED) is 0.800. The molecule has 1 saturated carbocycles. The Morgan fingerprint density at radius 2 is 2.25 bits per heavy atom. The van der Waals surface area contributed by atoms with E-state index in [0.29, 0.717) is 6.04 Å². The van der Waals surface area contributed by atoms with Crippen molar-refractivity contribution in [1.29, 1.82) is 0 Å². The number of rotatable bonds is 6. The normalized spacial score (nSPS) is 17.7. The van der Waals surface area contributed by atoms with Gasteiger partial charge >= 0.3 is 0 Å². The molecule has 1 unspecified atom stereocenters. The number of nitrogens with zero attached hydrogens (tertiary/aromatic N) is 2. The van der Waals surface area contributed by atoms with Crippen LogP contribution in [-0.4, -0.2) is 16.3 Å². The topological polar surface area (TPSA) is 29.9 Å². The molecule has 16 heavy (non-hydrogen) atoms. The number of hydrogen-bond acceptors (Lipinski definition) is 2. The molecule has 0 amide bonds. The number of nitrogens with one attached hydrogen (secondary N) is 1. The van der Waals surface area contributed by atoms with Crippen LogP contribution >= 0.6 is 0 Å². The SMILES string of the molecule is CCCNC(c1cc(C)nn1CC)C1CC1. The highest BCUT2D eigenvalue weighted by Gasteiger charge is 2.33. The second-order valence-corrected chi connectivity index (χ2v) is 4.80. The van der Waals surface area contributed by atoms with Gasteiger partial charge in [-0.15, -0.1) is 0 Å². The lowest BCUT2D eigenvalue weighted by molar-refractivity contribution is 0.440. The summed E-state index contributed by atoms with van der Waals surface area (Å²) in [5.74, 6) is 0.841. The van der Waals surface area contributed by atoms with Crippen LogP contribution in [0.2, 0.25) is 0 Å². The fraction of sp³-hybridized carbons (Fsp3) is 0.769. The number of hydrogen-bond donors (Lipinski definition) is 1. The second kappa shape index (κ2) is 5.00. The first kappa shape index (κ1) is 11.6. The predicted molar refractivity (Wildman–Crippen MR) is 66.4 cm³/mol. The lowest BCUT2D eigenvalue weighted by Crippen LogP contribution is -2.26. The van der Waals surface area contributed by atoms with Gasteiger partial charge < -0.3 is 5.32 Å². The Hall–Kier alpha value is -0.830. The lowest BCUT2D eigenvalue weighted by atomic mass is 10.1. The molecule has 1 atom stereocenters. The Kier molecular flexibility index (Phi) is 3.64. The fourth-order valence-electron chi connectivity index (χ4n) is 2.31. The number of aromatic nitrogens is 2. The van der Waals surface area contributed by atoms with Gasteiger partial charge in [0.1, 0.15) is 0 Å². The molecule has 1 aromatic rings. The highest BCUT2D eigenvalue weighted by atomic mass is 15.3. The third kappa shape index (κ3) is 2.46. The van der Waals surface area contributed by atoms with Crippen LogP contribution in [0.15, 0.2) is 6.07 Å². The van der Waals surface area contributed by atoms with Gasteiger partial charge in [0, 0.05) is 6.54 Å². The molecule has 0 aromatic carbocycles. The van der Waals surface area contributed by atoms with Crippen molar-refractivity contribution in [3.63, 3.8) is 0 Å². The maximum atomic E-state index is 4.54. The molecule has 0 radical (unpaired) electrons. The van der Waals surface area contributed by atoms with E-state index in [-0.39, 0.29) is 0 Å². The summed E-state index contributed by atoms with van der Waals surface area (Å²) in [6.07, 6.45) is 3.94. The summed E-state index contributed by atoms with van der Waals surface area (Å²) < 4.78 is 2.15. The van der Waals surface area contributed by atoms with Crippen molar-refractivity contribution in [1.82, 2.24) is 15.1 Å². The first-order chi connectivity index (χ1) is 7.76. The molecule has 2 rings (SSSR count). The van der Waals surface area contributed by atoms with Gasteiger partial charge in [-0.05, 0) is 51.6 Å². The molecule has 1 heterocycles. The van der Waals surface area contributed by atoms with E-state index in [1.165, 1.54) is 25.0 Å². The van der Waals surface area contributed by atoms with E-state index in [4.69, 9.17) is 0 Å². The minimum absolute atomic E-state index is 0.529. The van der Waals surface area contributed by atoms with Crippen LogP contribution in [0.3, 0.4) is 0 Å². The van der Waals surface area contributed by atoms with Crippen molar-refractivity contribution in [2.24, 2.45) is 5.92 Å². The van der Waals surface area contributed by atoms with Gasteiger partial charge in [0.2, 0.25) is 0 Å². The van der Waals surface area contributed by atoms with Crippen molar-refractivity contribution in [3.05, 3.63) is 17.5 Å². The minimum atomic E-state index is 0.529. The zero-order chi connectivity index (χ0) is 11.5. The standard InChI is InChI=1S/C13H23N3/c1-4-8-14-13(11-6-7-11)12-9-10(3)15-16(12)5-2/h9,11,13-14H,4-8H2,1-3H3. The zero-order valence-electron chi connectivity index (χ0n) is 10.7. The van der Waals surface area contributed by atoms with Crippen LogP contribution in [-0.2, 0) is 6.54 Å². The third-order valence-electron chi connectivity index (χ3n) is 3.26. The maximum absolute atomic E-state index is 4.54. The van der Waals surface area contributed by atoms with E-state index >= 15 is 0 Å². The molecule has 90 valence electrons. The third-order valence-corrected chi connectivity index (χ3v) is 3.26. The summed E-state index contributed by atoms with van der Waals surface area (Å²) >= 11 is 0. The van der Waals surface area contributed by atoms with E-state index < -0.39 is 0 Å². The molecule has 1 N–H and O–H groups in total. The molecule has 1 aliphatic rings. The van der Waals surface area contributed by atoms with Crippen LogP contribution in [0.5, 0.6) is 0 Å². The van der Waals surface area contributed by atoms with E-state index in [0.717, 1.165) is 24.7 Å². The highest BCUT2D eigenvalue weighted by molar-refractivity contribution is 5.16. The monoisotopic (exact) mass is 221 g/mol. The van der Waals surface area contributed by atoms with Gasteiger partial charge in [0.25, 0.3) is 0 Å². The lowest BCUT2D eigenvalue weighted by Gasteiger charge is -2.19. The van der Waals surface area contributed by atoms with Crippen LogP contribution in [0.1, 0.15) is 50.5 Å². The molecule has 1 aromatic heterocycles. The Bertz CT molecular complexity index is 339. The van der Waals surface area contributed by atoms with E-state index in [9.17, 15) is 0 Å². The summed E-state index contributed by atoms with van der Waals surface area (Å²) in [6.45, 7) is 8.55. The van der Waals surface area contributed by atoms with Gasteiger partial charge in [-0.1, -0.05) is 6.92 Å². The molecule has 1 fully saturated rings. The van der Waals surface area contributed by atoms with Gasteiger partial charge in [-0.3, -0.25) is 4.68 Å². The average Bonchev–Trinajstić information content (AvgIpc) is 3.03. The van der Waals surface area contributed by atoms with Crippen molar-refractivity contribution < 1.29 is 0 Å². The van der Waals surface area contributed by atoms with Crippen LogP contribution in [0, 0.1) is 12.8 Å². The summed E-state index contributed by atoms with van der Waals surface area (Å²) in [5, 5.41) is 8.22. The van der Waals surface area contributed by atoms with Crippen LogP contribution in [0.25, 0.3) is 0 Å². The van der Waals surface area contributed by atoms with Gasteiger partial charge in [-0.2, -0.15) is 5.10 Å². The second-order valence-electron chi connectivity index (χ2n) is 4.80. The molecule has 0 aliphatic heterocycles. The van der Waals surface area contributed by atoms with Crippen molar-refractivity contribution in [2.45, 2.75) is 52.6 Å². The Morgan fingerprint density at radius 1 is 1.50 bits per heavy atom. The maximum Gasteiger partial charge on any atom is 0.0597 e. The van der Waals surface area contributed by atoms with Crippen molar-refractivity contribution in [3.8, 4) is 0 Å². The van der Waals surface area contributed by atoms with Crippen LogP contribution in [0.4, 0.5) is 0 Å². The van der Waals surface area contributed by atoms with Crippen molar-refractivity contribution in [2.75, 3.05) is 6.54 Å². The van der Waals surface area contributed by atoms with Gasteiger partial charge in [0.05, 0.1) is 17.4 Å². The molecular formula is C13H23N3. The molecular weight excluding hydrogens is 198 g/mol. The Morgan fingerprint density at radius 3 is 2.81 bits per heavy atom. The highest BCUT2D eigenvalue weighted by Crippen LogP contribution is 2.41. The Balaban J connectivity index is 2.16. The average molecular weight is 221 g/mol. The largest absolute Gasteiger partial charge is 0.308 e. The summed E-state index contributed by atoms with van der Waals surface area (Å²) in [4.78, 5) is 0. The van der Waals surface area contributed by atoms with Gasteiger partial charge in [-0.25, -0.2) is 0 Å². The van der Waals surface area contributed by atoms with Gasteiger partial charge in [0.15, 0.2) is 0 Å². The molecule has 3 heteroatoms.